The summed E-state index contributed by atoms with van der Waals surface area (Å²) in [6.45, 7) is 13.2. The number of nitrogens with zero attached hydrogens (tertiary/aromatic N) is 12. The maximum atomic E-state index is 12.6. The molecule has 3 N–H and O–H groups in total. The van der Waals surface area contributed by atoms with Crippen LogP contribution in [0.5, 0.6) is 0 Å². The van der Waals surface area contributed by atoms with Crippen molar-refractivity contribution in [3.63, 3.8) is 0 Å². The molecule has 0 amide bonds. The molecule has 6 heterocycles. The van der Waals surface area contributed by atoms with Crippen LogP contribution in [-0.2, 0) is 18.5 Å². The first kappa shape index (κ1) is 46.3. The Morgan fingerprint density at radius 3 is 1.83 bits per heavy atom. The predicted octanol–water partition coefficient (Wildman–Crippen LogP) is 4.59. The lowest BCUT2D eigenvalue weighted by Crippen LogP contribution is -2.35. The number of ether oxygens (including phenoxy) is 2. The van der Waals surface area contributed by atoms with Gasteiger partial charge >= 0.3 is 0 Å². The second-order valence-electron chi connectivity index (χ2n) is 17.9. The summed E-state index contributed by atoms with van der Waals surface area (Å²) < 4.78 is 31.5. The molecule has 0 aromatic carbocycles. The maximum Gasteiger partial charge on any atom is 0.280 e. The van der Waals surface area contributed by atoms with Crippen LogP contribution in [0.1, 0.15) is 86.1 Å². The van der Waals surface area contributed by atoms with Gasteiger partial charge < -0.3 is 33.4 Å². The minimum atomic E-state index is -1.34. The van der Waals surface area contributed by atoms with E-state index in [2.05, 4.69) is 92.2 Å². The Morgan fingerprint density at radius 2 is 1.35 bits per heavy atom. The fourth-order valence-electron chi connectivity index (χ4n) is 9.23. The van der Waals surface area contributed by atoms with Gasteiger partial charge in [-0.25, -0.2) is 24.6 Å². The molecule has 2 saturated carbocycles. The fraction of sp³-hybridized carbons (Fsp3) is 0.683. The molecule has 21 nitrogen and oxygen atoms in total. The summed E-state index contributed by atoms with van der Waals surface area (Å²) in [5.74, 6) is 1.32. The molecule has 8 rings (SSSR count). The zero-order valence-electron chi connectivity index (χ0n) is 37.7. The maximum absolute atomic E-state index is 12.6. The van der Waals surface area contributed by atoms with Crippen LogP contribution in [0, 0.1) is 35.0 Å². The first-order chi connectivity index (χ1) is 30.0. The van der Waals surface area contributed by atoms with Crippen LogP contribution < -0.4 is 11.1 Å². The molecule has 0 radical (unpaired) electrons. The molecule has 63 heavy (non-hydrogen) atoms. The second kappa shape index (κ2) is 19.6. The van der Waals surface area contributed by atoms with Crippen LogP contribution in [0.2, 0.25) is 0 Å². The van der Waals surface area contributed by atoms with Gasteiger partial charge in [0, 0.05) is 65.0 Å². The number of rotatable bonds is 14. The van der Waals surface area contributed by atoms with Crippen LogP contribution in [0.15, 0.2) is 32.2 Å². The number of hydrogen-bond donors (Lipinski definition) is 3. The highest BCUT2D eigenvalue weighted by atomic mass is 31.2. The standard InChI is InChI=1S/C25H39N8O4P.C16H22N6O3/c1-15(2)33(16(3)4)38(35-10-8-9-26)37-19-11-17(5)22-18(19)12-20(36-22)32-14-27-21-23(32)29-25(30-24(21)34)28-13-31(6)7;1-8-4-10(23)9-5-11(25-13(8)9)22-7-17-12-14(22)19-16(20-15(12)24)18-6-21(2)3/h13-20,22H,8,10-12H2,1-7H3,(H,29,30,34);6-11,13,23H,4-5H2,1-3H3,(H,19,20,24)/t17-,18+,19-,20-,22-,38?;8-,9+,10-,11-,13-/m11/s1. The lowest BCUT2D eigenvalue weighted by atomic mass is 10.0. The van der Waals surface area contributed by atoms with Gasteiger partial charge in [-0.1, -0.05) is 13.8 Å². The Morgan fingerprint density at radius 1 is 0.857 bits per heavy atom. The van der Waals surface area contributed by atoms with Gasteiger partial charge in [0.05, 0.1) is 68.8 Å². The number of aliphatic imine (C=N–C) groups is 2. The summed E-state index contributed by atoms with van der Waals surface area (Å²) in [6, 6.07) is 2.62. The van der Waals surface area contributed by atoms with Crippen molar-refractivity contribution in [1.29, 1.82) is 5.26 Å². The molecule has 4 fully saturated rings. The van der Waals surface area contributed by atoms with Gasteiger partial charge in [0.1, 0.15) is 12.5 Å². The lowest BCUT2D eigenvalue weighted by molar-refractivity contribution is -0.0180. The van der Waals surface area contributed by atoms with Gasteiger partial charge in [-0.05, 0) is 52.4 Å². The van der Waals surface area contributed by atoms with Gasteiger partial charge in [-0.15, -0.1) is 0 Å². The van der Waals surface area contributed by atoms with Crippen LogP contribution >= 0.6 is 8.53 Å². The Hall–Kier alpha value is -4.68. The normalized spacial score (nSPS) is 28.5. The second-order valence-corrected chi connectivity index (χ2v) is 19.3. The minimum absolute atomic E-state index is 0.0122. The summed E-state index contributed by atoms with van der Waals surface area (Å²) in [6.07, 6.45) is 8.78. The molecule has 1 unspecified atom stereocenters. The highest BCUT2D eigenvalue weighted by Crippen LogP contribution is 2.55. The third-order valence-electron chi connectivity index (χ3n) is 11.9. The number of nitriles is 1. The zero-order valence-corrected chi connectivity index (χ0v) is 38.6. The first-order valence-electron chi connectivity index (χ1n) is 21.6. The van der Waals surface area contributed by atoms with E-state index in [0.717, 1.165) is 12.8 Å². The number of H-pyrrole nitrogens is 2. The topological polar surface area (TPSA) is 243 Å². The molecule has 2 aliphatic heterocycles. The number of aliphatic hydroxyl groups is 1. The molecule has 342 valence electrons. The van der Waals surface area contributed by atoms with Crippen molar-refractivity contribution in [3.8, 4) is 6.07 Å². The van der Waals surface area contributed by atoms with E-state index in [1.165, 1.54) is 0 Å². The molecule has 4 aromatic heterocycles. The first-order valence-corrected chi connectivity index (χ1v) is 22.8. The van der Waals surface area contributed by atoms with Crippen molar-refractivity contribution in [2.24, 2.45) is 33.7 Å². The molecule has 2 saturated heterocycles. The number of aliphatic hydroxyl groups excluding tert-OH is 1. The van der Waals surface area contributed by atoms with Crippen molar-refractivity contribution in [2.75, 3.05) is 34.8 Å². The van der Waals surface area contributed by atoms with Crippen molar-refractivity contribution in [1.82, 2.24) is 53.5 Å². The quantitative estimate of drug-likeness (QED) is 0.0679. The molecular formula is C41H61N14O7P. The number of fused-ring (bicyclic) bond motifs is 4. The van der Waals surface area contributed by atoms with Crippen molar-refractivity contribution in [2.45, 2.75) is 123 Å². The van der Waals surface area contributed by atoms with Gasteiger partial charge in [0.25, 0.3) is 19.6 Å². The predicted molar refractivity (Wildman–Crippen MR) is 238 cm³/mol. The number of aromatic amines is 2. The van der Waals surface area contributed by atoms with E-state index >= 15 is 0 Å². The van der Waals surface area contributed by atoms with Crippen molar-refractivity contribution in [3.05, 3.63) is 33.4 Å². The van der Waals surface area contributed by atoms with Gasteiger partial charge in [0.2, 0.25) is 11.9 Å². The number of hydrogen-bond acceptors (Lipinski definition) is 15. The average molecular weight is 893 g/mol. The number of nitrogens with one attached hydrogen (secondary N) is 2. The molecule has 2 aliphatic carbocycles. The molecule has 0 bridgehead atoms. The monoisotopic (exact) mass is 892 g/mol. The van der Waals surface area contributed by atoms with Gasteiger partial charge in [-0.2, -0.15) is 15.2 Å². The third-order valence-corrected chi connectivity index (χ3v) is 14.1. The van der Waals surface area contributed by atoms with Gasteiger partial charge in [-0.3, -0.25) is 28.7 Å². The summed E-state index contributed by atoms with van der Waals surface area (Å²) in [4.78, 5) is 59.5. The SMILES string of the molecule is CC(C)N(C(C)C)P(OCCC#N)O[C@@H]1C[C@@H](C)[C@H]2O[C@@H](n3cnc4c(=O)[nH]c(N=CN(C)C)nc43)C[C@H]21.C[C@@H]1C[C@@H](O)[C@@H]2C[C@H](n3cnc4c(=O)[nH]c(N=CN(C)C)nc43)O[C@@H]21. The van der Waals surface area contributed by atoms with Crippen LogP contribution in [0.25, 0.3) is 22.3 Å². The lowest BCUT2D eigenvalue weighted by Gasteiger charge is -2.37. The van der Waals surface area contributed by atoms with Crippen molar-refractivity contribution >= 4 is 55.4 Å². The summed E-state index contributed by atoms with van der Waals surface area (Å²) in [5.41, 5.74) is 0.744. The summed E-state index contributed by atoms with van der Waals surface area (Å²) in [7, 11) is 6.02. The Balaban J connectivity index is 0.000000205. The third kappa shape index (κ3) is 10.0. The van der Waals surface area contributed by atoms with E-state index < -0.39 is 8.53 Å². The average Bonchev–Trinajstić information content (AvgIpc) is 4.07. The Bertz CT molecular complexity index is 2400. The van der Waals surface area contributed by atoms with Gasteiger partial charge in [0.15, 0.2) is 22.3 Å². The van der Waals surface area contributed by atoms with Crippen LogP contribution in [0.4, 0.5) is 11.9 Å². The minimum Gasteiger partial charge on any atom is -0.393 e. The van der Waals surface area contributed by atoms with E-state index in [-0.39, 0.29) is 94.8 Å². The number of imidazole rings is 2. The Labute approximate surface area is 367 Å². The van der Waals surface area contributed by atoms with Crippen LogP contribution in [0.3, 0.4) is 0 Å². The fourth-order valence-corrected chi connectivity index (χ4v) is 11.0. The zero-order chi connectivity index (χ0) is 45.3. The van der Waals surface area contributed by atoms with E-state index in [9.17, 15) is 14.7 Å². The summed E-state index contributed by atoms with van der Waals surface area (Å²) >= 11 is 0. The molecule has 0 spiro atoms. The molecule has 4 aromatic rings. The van der Waals surface area contributed by atoms with Crippen molar-refractivity contribution < 1.29 is 23.6 Å². The van der Waals surface area contributed by atoms with Crippen LogP contribution in [-0.4, -0.2) is 143 Å². The van der Waals surface area contributed by atoms with E-state index in [1.54, 1.807) is 39.7 Å². The van der Waals surface area contributed by atoms with E-state index in [1.807, 2.05) is 32.8 Å². The highest BCUT2D eigenvalue weighted by molar-refractivity contribution is 7.44. The molecular weight excluding hydrogens is 832 g/mol. The van der Waals surface area contributed by atoms with E-state index in [4.69, 9.17) is 23.8 Å². The molecule has 4 aliphatic rings. The summed E-state index contributed by atoms with van der Waals surface area (Å²) in [5, 5.41) is 19.2. The highest BCUT2D eigenvalue weighted by Gasteiger charge is 2.52. The number of aromatic nitrogens is 8. The Kier molecular flexibility index (Phi) is 14.4. The molecule has 11 atom stereocenters. The largest absolute Gasteiger partial charge is 0.393 e. The smallest absolute Gasteiger partial charge is 0.280 e. The van der Waals surface area contributed by atoms with E-state index in [0.29, 0.717) is 49.0 Å². The molecule has 22 heteroatoms.